The van der Waals surface area contributed by atoms with Gasteiger partial charge in [-0.2, -0.15) is 0 Å². The van der Waals surface area contributed by atoms with Crippen molar-refractivity contribution in [2.45, 2.75) is 18.9 Å². The number of nitrogens with zero attached hydrogens (tertiary/aromatic N) is 1. The number of hydrogen-bond acceptors (Lipinski definition) is 4. The third-order valence-electron chi connectivity index (χ3n) is 4.62. The summed E-state index contributed by atoms with van der Waals surface area (Å²) in [6.45, 7) is 3.29. The van der Waals surface area contributed by atoms with Gasteiger partial charge < -0.3 is 19.7 Å². The largest absolute Gasteiger partial charge is 0.497 e. The SMILES string of the molecule is COc1ccc(OC)c(C(=O)N[C@@H]2CN3CCC2CC3)c1. The van der Waals surface area contributed by atoms with Crippen LogP contribution in [0.25, 0.3) is 0 Å². The van der Waals surface area contributed by atoms with Crippen molar-refractivity contribution in [3.63, 3.8) is 0 Å². The van der Waals surface area contributed by atoms with Crippen LogP contribution >= 0.6 is 0 Å². The van der Waals surface area contributed by atoms with Crippen molar-refractivity contribution in [1.82, 2.24) is 10.2 Å². The van der Waals surface area contributed by atoms with Gasteiger partial charge in [-0.15, -0.1) is 0 Å². The lowest BCUT2D eigenvalue weighted by Crippen LogP contribution is -2.57. The first-order valence-electron chi connectivity index (χ1n) is 7.46. The molecule has 1 atom stereocenters. The van der Waals surface area contributed by atoms with Crippen molar-refractivity contribution in [3.05, 3.63) is 23.8 Å². The molecule has 0 aliphatic carbocycles. The molecule has 0 aromatic heterocycles. The number of fused-ring (bicyclic) bond motifs is 3. The molecule has 21 heavy (non-hydrogen) atoms. The van der Waals surface area contributed by atoms with Gasteiger partial charge in [0.2, 0.25) is 0 Å². The average Bonchev–Trinajstić information content (AvgIpc) is 2.55. The van der Waals surface area contributed by atoms with Crippen LogP contribution in [0.4, 0.5) is 0 Å². The summed E-state index contributed by atoms with van der Waals surface area (Å²) in [6, 6.07) is 5.54. The first-order valence-corrected chi connectivity index (χ1v) is 7.46. The van der Waals surface area contributed by atoms with Gasteiger partial charge in [-0.3, -0.25) is 4.79 Å². The molecule has 0 unspecified atom stereocenters. The molecule has 4 rings (SSSR count). The summed E-state index contributed by atoms with van der Waals surface area (Å²) in [5.41, 5.74) is 0.535. The van der Waals surface area contributed by atoms with Crippen molar-refractivity contribution in [1.29, 1.82) is 0 Å². The molecule has 114 valence electrons. The van der Waals surface area contributed by atoms with Crippen molar-refractivity contribution in [2.75, 3.05) is 33.9 Å². The van der Waals surface area contributed by atoms with E-state index in [0.717, 1.165) is 6.54 Å². The van der Waals surface area contributed by atoms with E-state index in [-0.39, 0.29) is 11.9 Å². The molecule has 2 bridgehead atoms. The highest BCUT2D eigenvalue weighted by molar-refractivity contribution is 5.97. The van der Waals surface area contributed by atoms with Gasteiger partial charge in [0.05, 0.1) is 19.8 Å². The lowest BCUT2D eigenvalue weighted by Gasteiger charge is -2.44. The number of nitrogens with one attached hydrogen (secondary N) is 1. The molecule has 3 aliphatic heterocycles. The summed E-state index contributed by atoms with van der Waals surface area (Å²) in [4.78, 5) is 15.0. The monoisotopic (exact) mass is 290 g/mol. The fraction of sp³-hybridized carbons (Fsp3) is 0.562. The Morgan fingerprint density at radius 1 is 1.24 bits per heavy atom. The maximum absolute atomic E-state index is 12.6. The van der Waals surface area contributed by atoms with Crippen molar-refractivity contribution < 1.29 is 14.3 Å². The van der Waals surface area contributed by atoms with Gasteiger partial charge in [0, 0.05) is 12.6 Å². The Hall–Kier alpha value is -1.75. The number of hydrogen-bond donors (Lipinski definition) is 1. The zero-order valence-corrected chi connectivity index (χ0v) is 12.6. The van der Waals surface area contributed by atoms with Crippen LogP contribution in [0.5, 0.6) is 11.5 Å². The topological polar surface area (TPSA) is 50.8 Å². The number of ether oxygens (including phenoxy) is 2. The number of methoxy groups -OCH3 is 2. The van der Waals surface area contributed by atoms with Crippen LogP contribution in [0.3, 0.4) is 0 Å². The molecular weight excluding hydrogens is 268 g/mol. The Balaban J connectivity index is 1.75. The molecule has 3 heterocycles. The number of carbonyl (C=O) groups excluding carboxylic acids is 1. The molecule has 0 saturated carbocycles. The quantitative estimate of drug-likeness (QED) is 0.913. The number of rotatable bonds is 4. The van der Waals surface area contributed by atoms with Crippen LogP contribution in [-0.2, 0) is 0 Å². The molecular formula is C16H22N2O3. The van der Waals surface area contributed by atoms with E-state index >= 15 is 0 Å². The Labute approximate surface area is 125 Å². The maximum atomic E-state index is 12.6. The molecule has 3 saturated heterocycles. The van der Waals surface area contributed by atoms with Gasteiger partial charge >= 0.3 is 0 Å². The Morgan fingerprint density at radius 2 is 2.00 bits per heavy atom. The first-order chi connectivity index (χ1) is 10.2. The van der Waals surface area contributed by atoms with Gasteiger partial charge in [0.15, 0.2) is 0 Å². The molecule has 0 spiro atoms. The summed E-state index contributed by atoms with van der Waals surface area (Å²) >= 11 is 0. The van der Waals surface area contributed by atoms with Gasteiger partial charge in [0.1, 0.15) is 11.5 Å². The summed E-state index contributed by atoms with van der Waals surface area (Å²) in [5.74, 6) is 1.77. The molecule has 5 nitrogen and oxygen atoms in total. The minimum Gasteiger partial charge on any atom is -0.497 e. The van der Waals surface area contributed by atoms with Crippen LogP contribution in [0.15, 0.2) is 18.2 Å². The minimum atomic E-state index is -0.0792. The molecule has 1 amide bonds. The van der Waals surface area contributed by atoms with Crippen molar-refractivity contribution >= 4 is 5.91 Å². The van der Waals surface area contributed by atoms with Crippen molar-refractivity contribution in [2.24, 2.45) is 5.92 Å². The van der Waals surface area contributed by atoms with Crippen LogP contribution in [-0.4, -0.2) is 50.7 Å². The predicted molar refractivity (Wildman–Crippen MR) is 80.0 cm³/mol. The van der Waals surface area contributed by atoms with Gasteiger partial charge in [-0.1, -0.05) is 0 Å². The zero-order valence-electron chi connectivity index (χ0n) is 12.6. The number of benzene rings is 1. The van der Waals surface area contributed by atoms with E-state index in [0.29, 0.717) is 23.0 Å². The first kappa shape index (κ1) is 14.2. The van der Waals surface area contributed by atoms with E-state index in [1.807, 2.05) is 0 Å². The lowest BCUT2D eigenvalue weighted by atomic mass is 9.84. The second kappa shape index (κ2) is 5.93. The number of carbonyl (C=O) groups is 1. The average molecular weight is 290 g/mol. The number of amides is 1. The summed E-state index contributed by atoms with van der Waals surface area (Å²) in [5, 5.41) is 3.18. The Bertz CT molecular complexity index is 524. The standard InChI is InChI=1S/C16H22N2O3/c1-20-12-3-4-15(21-2)13(9-12)16(19)17-14-10-18-7-5-11(14)6-8-18/h3-4,9,11,14H,5-8,10H2,1-2H3,(H,17,19)/t14-/m1/s1. The molecule has 1 aromatic rings. The highest BCUT2D eigenvalue weighted by Crippen LogP contribution is 2.29. The summed E-state index contributed by atoms with van der Waals surface area (Å²) in [6.07, 6.45) is 2.36. The van der Waals surface area contributed by atoms with Crippen molar-refractivity contribution in [3.8, 4) is 11.5 Å². The van der Waals surface area contributed by atoms with E-state index in [1.165, 1.54) is 25.9 Å². The minimum absolute atomic E-state index is 0.0792. The Morgan fingerprint density at radius 3 is 2.57 bits per heavy atom. The number of piperidine rings is 3. The highest BCUT2D eigenvalue weighted by Gasteiger charge is 2.35. The fourth-order valence-electron chi connectivity index (χ4n) is 3.37. The Kier molecular flexibility index (Phi) is 4.01. The smallest absolute Gasteiger partial charge is 0.255 e. The fourth-order valence-corrected chi connectivity index (χ4v) is 3.37. The zero-order chi connectivity index (χ0) is 14.8. The third kappa shape index (κ3) is 2.83. The van der Waals surface area contributed by atoms with Crippen LogP contribution < -0.4 is 14.8 Å². The molecule has 3 aliphatic rings. The van der Waals surface area contributed by atoms with Gasteiger partial charge in [0.25, 0.3) is 5.91 Å². The molecule has 5 heteroatoms. The molecule has 0 radical (unpaired) electrons. The van der Waals surface area contributed by atoms with E-state index < -0.39 is 0 Å². The van der Waals surface area contributed by atoms with E-state index in [4.69, 9.17) is 9.47 Å². The lowest BCUT2D eigenvalue weighted by molar-refractivity contribution is 0.0619. The summed E-state index contributed by atoms with van der Waals surface area (Å²) in [7, 11) is 3.17. The molecule has 1 N–H and O–H groups in total. The molecule has 1 aromatic carbocycles. The van der Waals surface area contributed by atoms with Crippen LogP contribution in [0, 0.1) is 5.92 Å². The second-order valence-corrected chi connectivity index (χ2v) is 5.78. The molecule has 3 fully saturated rings. The summed E-state index contributed by atoms with van der Waals surface area (Å²) < 4.78 is 10.5. The highest BCUT2D eigenvalue weighted by atomic mass is 16.5. The third-order valence-corrected chi connectivity index (χ3v) is 4.62. The van der Waals surface area contributed by atoms with Gasteiger partial charge in [-0.25, -0.2) is 0 Å². The normalized spacial score (nSPS) is 27.2. The second-order valence-electron chi connectivity index (χ2n) is 5.78. The van der Waals surface area contributed by atoms with E-state index in [1.54, 1.807) is 32.4 Å². The maximum Gasteiger partial charge on any atom is 0.255 e. The van der Waals surface area contributed by atoms with E-state index in [9.17, 15) is 4.79 Å². The van der Waals surface area contributed by atoms with E-state index in [2.05, 4.69) is 10.2 Å². The predicted octanol–water partition coefficient (Wildman–Crippen LogP) is 1.53. The van der Waals surface area contributed by atoms with Gasteiger partial charge in [-0.05, 0) is 50.0 Å². The van der Waals surface area contributed by atoms with Crippen LogP contribution in [0.1, 0.15) is 23.2 Å². The van der Waals surface area contributed by atoms with Crippen LogP contribution in [0.2, 0.25) is 0 Å².